The summed E-state index contributed by atoms with van der Waals surface area (Å²) in [6.45, 7) is 5.18. The number of fused-ring (bicyclic) bond motifs is 1. The summed E-state index contributed by atoms with van der Waals surface area (Å²) < 4.78 is 11.1. The number of benzene rings is 1. The molecule has 1 N–H and O–H groups in total. The summed E-state index contributed by atoms with van der Waals surface area (Å²) in [6.07, 6.45) is 0. The number of ether oxygens (including phenoxy) is 2. The first-order valence-electron chi connectivity index (χ1n) is 6.41. The average Bonchev–Trinajstić information content (AvgIpc) is 2.86. The molecule has 0 amide bonds. The topological polar surface area (TPSA) is 43.4 Å². The molecule has 0 fully saturated rings. The zero-order valence-electron chi connectivity index (χ0n) is 11.3. The molecule has 0 spiro atoms. The SMILES string of the molecule is Cc1nc(C(C)Nc2cc3c(cc2Cl)OCCO3)cs1. The summed E-state index contributed by atoms with van der Waals surface area (Å²) in [5.41, 5.74) is 1.84. The van der Waals surface area contributed by atoms with Gasteiger partial charge in [0.1, 0.15) is 13.2 Å². The van der Waals surface area contributed by atoms with E-state index < -0.39 is 0 Å². The molecule has 3 rings (SSSR count). The molecule has 0 saturated heterocycles. The Labute approximate surface area is 126 Å². The van der Waals surface area contributed by atoms with Crippen LogP contribution >= 0.6 is 22.9 Å². The average molecular weight is 311 g/mol. The highest BCUT2D eigenvalue weighted by atomic mass is 35.5. The number of thiazole rings is 1. The Morgan fingerprint density at radius 3 is 2.65 bits per heavy atom. The number of rotatable bonds is 3. The molecular weight excluding hydrogens is 296 g/mol. The van der Waals surface area contributed by atoms with E-state index in [0.717, 1.165) is 22.1 Å². The van der Waals surface area contributed by atoms with Crippen LogP contribution in [0.1, 0.15) is 23.7 Å². The van der Waals surface area contributed by atoms with Gasteiger partial charge in [-0.2, -0.15) is 0 Å². The Morgan fingerprint density at radius 1 is 1.30 bits per heavy atom. The lowest BCUT2D eigenvalue weighted by Crippen LogP contribution is -2.16. The number of hydrogen-bond acceptors (Lipinski definition) is 5. The number of anilines is 1. The Balaban J connectivity index is 1.83. The van der Waals surface area contributed by atoms with Crippen LogP contribution in [0.15, 0.2) is 17.5 Å². The first kappa shape index (κ1) is 13.5. The van der Waals surface area contributed by atoms with Crippen LogP contribution in [0.5, 0.6) is 11.5 Å². The van der Waals surface area contributed by atoms with Gasteiger partial charge in [0, 0.05) is 17.5 Å². The second kappa shape index (κ2) is 5.50. The lowest BCUT2D eigenvalue weighted by molar-refractivity contribution is 0.171. The minimum Gasteiger partial charge on any atom is -0.486 e. The smallest absolute Gasteiger partial charge is 0.163 e. The van der Waals surface area contributed by atoms with Crippen LogP contribution < -0.4 is 14.8 Å². The van der Waals surface area contributed by atoms with E-state index in [4.69, 9.17) is 21.1 Å². The van der Waals surface area contributed by atoms with Crippen molar-refractivity contribution < 1.29 is 9.47 Å². The maximum atomic E-state index is 6.28. The van der Waals surface area contributed by atoms with Crippen LogP contribution in [0, 0.1) is 6.92 Å². The van der Waals surface area contributed by atoms with Crippen molar-refractivity contribution in [2.75, 3.05) is 18.5 Å². The van der Waals surface area contributed by atoms with Gasteiger partial charge in [-0.05, 0) is 13.8 Å². The lowest BCUT2D eigenvalue weighted by Gasteiger charge is -2.21. The summed E-state index contributed by atoms with van der Waals surface area (Å²) in [6, 6.07) is 3.75. The molecule has 1 aliphatic rings. The van der Waals surface area contributed by atoms with Crippen LogP contribution in [-0.2, 0) is 0 Å². The fraction of sp³-hybridized carbons (Fsp3) is 0.357. The quantitative estimate of drug-likeness (QED) is 0.929. The van der Waals surface area contributed by atoms with E-state index in [-0.39, 0.29) is 6.04 Å². The van der Waals surface area contributed by atoms with E-state index in [9.17, 15) is 0 Å². The summed E-state index contributed by atoms with van der Waals surface area (Å²) in [5.74, 6) is 1.42. The Bertz CT molecular complexity index is 630. The second-order valence-corrected chi connectivity index (χ2v) is 6.10. The molecule has 2 heterocycles. The molecule has 6 heteroatoms. The highest BCUT2D eigenvalue weighted by Crippen LogP contribution is 2.39. The molecule has 106 valence electrons. The van der Waals surface area contributed by atoms with Gasteiger partial charge in [0.05, 0.1) is 27.5 Å². The van der Waals surface area contributed by atoms with E-state index in [1.165, 1.54) is 0 Å². The van der Waals surface area contributed by atoms with Gasteiger partial charge in [-0.25, -0.2) is 4.98 Å². The van der Waals surface area contributed by atoms with Crippen molar-refractivity contribution in [3.8, 4) is 11.5 Å². The van der Waals surface area contributed by atoms with Gasteiger partial charge in [-0.15, -0.1) is 11.3 Å². The minimum absolute atomic E-state index is 0.0833. The van der Waals surface area contributed by atoms with Crippen LogP contribution in [0.4, 0.5) is 5.69 Å². The van der Waals surface area contributed by atoms with Crippen molar-refractivity contribution in [2.45, 2.75) is 19.9 Å². The monoisotopic (exact) mass is 310 g/mol. The predicted octanol–water partition coefficient (Wildman–Crippen LogP) is 4.05. The zero-order chi connectivity index (χ0) is 14.1. The van der Waals surface area contributed by atoms with Gasteiger partial charge in [0.15, 0.2) is 11.5 Å². The normalized spacial score (nSPS) is 14.9. The highest BCUT2D eigenvalue weighted by Gasteiger charge is 2.17. The third kappa shape index (κ3) is 2.69. The number of aryl methyl sites for hydroxylation is 1. The maximum Gasteiger partial charge on any atom is 0.163 e. The highest BCUT2D eigenvalue weighted by molar-refractivity contribution is 7.09. The first-order chi connectivity index (χ1) is 9.63. The minimum atomic E-state index is 0.0833. The van der Waals surface area contributed by atoms with Crippen molar-refractivity contribution in [3.63, 3.8) is 0 Å². The molecule has 1 aromatic heterocycles. The molecule has 1 aliphatic heterocycles. The van der Waals surface area contributed by atoms with Crippen molar-refractivity contribution >= 4 is 28.6 Å². The fourth-order valence-corrected chi connectivity index (χ4v) is 2.98. The van der Waals surface area contributed by atoms with Gasteiger partial charge >= 0.3 is 0 Å². The molecule has 2 aromatic rings. The molecule has 20 heavy (non-hydrogen) atoms. The van der Waals surface area contributed by atoms with E-state index in [0.29, 0.717) is 24.0 Å². The fourth-order valence-electron chi connectivity index (χ4n) is 2.06. The zero-order valence-corrected chi connectivity index (χ0v) is 12.8. The number of hydrogen-bond donors (Lipinski definition) is 1. The molecule has 4 nitrogen and oxygen atoms in total. The van der Waals surface area contributed by atoms with Gasteiger partial charge in [-0.3, -0.25) is 0 Å². The maximum absolute atomic E-state index is 6.28. The van der Waals surface area contributed by atoms with Crippen molar-refractivity contribution in [3.05, 3.63) is 33.2 Å². The van der Waals surface area contributed by atoms with Gasteiger partial charge in [0.2, 0.25) is 0 Å². The molecule has 0 bridgehead atoms. The molecule has 0 aliphatic carbocycles. The Hall–Kier alpha value is -1.46. The molecular formula is C14H15ClN2O2S. The molecule has 1 unspecified atom stereocenters. The predicted molar refractivity (Wildman–Crippen MR) is 81.3 cm³/mol. The first-order valence-corrected chi connectivity index (χ1v) is 7.67. The number of nitrogens with zero attached hydrogens (tertiary/aromatic N) is 1. The van der Waals surface area contributed by atoms with Gasteiger partial charge in [-0.1, -0.05) is 11.6 Å². The third-order valence-electron chi connectivity index (χ3n) is 3.08. The van der Waals surface area contributed by atoms with Crippen molar-refractivity contribution in [1.29, 1.82) is 0 Å². The number of nitrogens with one attached hydrogen (secondary N) is 1. The summed E-state index contributed by atoms with van der Waals surface area (Å²) in [7, 11) is 0. The largest absolute Gasteiger partial charge is 0.486 e. The summed E-state index contributed by atoms with van der Waals surface area (Å²) in [5, 5.41) is 7.10. The molecule has 0 radical (unpaired) electrons. The Morgan fingerprint density at radius 2 is 2.00 bits per heavy atom. The van der Waals surface area contributed by atoms with Crippen molar-refractivity contribution in [2.24, 2.45) is 0 Å². The van der Waals surface area contributed by atoms with Crippen LogP contribution in [0.3, 0.4) is 0 Å². The Kier molecular flexibility index (Phi) is 3.72. The van der Waals surface area contributed by atoms with Crippen LogP contribution in [0.2, 0.25) is 5.02 Å². The van der Waals surface area contributed by atoms with Gasteiger partial charge in [0.25, 0.3) is 0 Å². The molecule has 1 atom stereocenters. The summed E-state index contributed by atoms with van der Waals surface area (Å²) >= 11 is 7.92. The number of aromatic nitrogens is 1. The van der Waals surface area contributed by atoms with E-state index >= 15 is 0 Å². The number of halogens is 1. The lowest BCUT2D eigenvalue weighted by atomic mass is 10.2. The van der Waals surface area contributed by atoms with Crippen LogP contribution in [0.25, 0.3) is 0 Å². The molecule has 0 saturated carbocycles. The standard InChI is InChI=1S/C14H15ClN2O2S/c1-8(12-7-20-9(2)17-12)16-11-6-14-13(5-10(11)15)18-3-4-19-14/h5-8,16H,3-4H2,1-2H3. The van der Waals surface area contributed by atoms with E-state index in [1.54, 1.807) is 17.4 Å². The third-order valence-corrected chi connectivity index (χ3v) is 4.19. The van der Waals surface area contributed by atoms with Gasteiger partial charge < -0.3 is 14.8 Å². The van der Waals surface area contributed by atoms with Crippen molar-refractivity contribution in [1.82, 2.24) is 4.98 Å². The summed E-state index contributed by atoms with van der Waals surface area (Å²) in [4.78, 5) is 4.48. The molecule has 1 aromatic carbocycles. The van der Waals surface area contributed by atoms with E-state index in [1.807, 2.05) is 13.0 Å². The van der Waals surface area contributed by atoms with Crippen LogP contribution in [-0.4, -0.2) is 18.2 Å². The van der Waals surface area contributed by atoms with E-state index in [2.05, 4.69) is 22.6 Å². The second-order valence-electron chi connectivity index (χ2n) is 4.63.